The molecule has 2 fully saturated rings. The lowest BCUT2D eigenvalue weighted by atomic mass is 9.82. The molecule has 12 heavy (non-hydrogen) atoms. The Labute approximate surface area is 74.8 Å². The molecule has 0 spiro atoms. The molecule has 1 heterocycles. The van der Waals surface area contributed by atoms with Crippen molar-refractivity contribution in [2.75, 3.05) is 0 Å². The molecular formula is C11H18O. The number of rotatable bonds is 3. The first-order chi connectivity index (χ1) is 5.79. The summed E-state index contributed by atoms with van der Waals surface area (Å²) in [5.41, 5.74) is 1.53. The summed E-state index contributed by atoms with van der Waals surface area (Å²) in [4.78, 5) is 0. The van der Waals surface area contributed by atoms with Crippen LogP contribution < -0.4 is 0 Å². The number of fused-ring (bicyclic) bond motifs is 1. The quantitative estimate of drug-likeness (QED) is 0.463. The Morgan fingerprint density at radius 1 is 1.67 bits per heavy atom. The molecule has 0 aromatic heterocycles. The highest BCUT2D eigenvalue weighted by atomic mass is 16.6. The van der Waals surface area contributed by atoms with Crippen molar-refractivity contribution in [2.24, 2.45) is 0 Å². The summed E-state index contributed by atoms with van der Waals surface area (Å²) in [6, 6.07) is 0. The maximum absolute atomic E-state index is 5.78. The molecule has 1 nitrogen and oxygen atoms in total. The Balaban J connectivity index is 1.97. The van der Waals surface area contributed by atoms with E-state index in [-0.39, 0.29) is 5.60 Å². The molecule has 0 aromatic carbocycles. The van der Waals surface area contributed by atoms with Crippen LogP contribution in [-0.4, -0.2) is 11.7 Å². The summed E-state index contributed by atoms with van der Waals surface area (Å²) in [6.07, 6.45) is 8.07. The Kier molecular flexibility index (Phi) is 1.99. The summed E-state index contributed by atoms with van der Waals surface area (Å²) in [7, 11) is 0. The predicted molar refractivity (Wildman–Crippen MR) is 50.1 cm³/mol. The number of unbranched alkanes of at least 4 members (excludes halogenated alkanes) is 1. The third-order valence-electron chi connectivity index (χ3n) is 3.26. The summed E-state index contributed by atoms with van der Waals surface area (Å²) in [5, 5.41) is 0. The topological polar surface area (TPSA) is 12.5 Å². The molecule has 0 amide bonds. The first-order valence-corrected chi connectivity index (χ1v) is 5.15. The zero-order valence-corrected chi connectivity index (χ0v) is 7.94. The molecule has 0 unspecified atom stereocenters. The van der Waals surface area contributed by atoms with Crippen LogP contribution in [0.2, 0.25) is 0 Å². The van der Waals surface area contributed by atoms with Gasteiger partial charge in [-0.1, -0.05) is 26.3 Å². The van der Waals surface area contributed by atoms with Crippen molar-refractivity contribution >= 4 is 0 Å². The van der Waals surface area contributed by atoms with E-state index in [1.54, 1.807) is 0 Å². The van der Waals surface area contributed by atoms with Gasteiger partial charge in [-0.25, -0.2) is 0 Å². The van der Waals surface area contributed by atoms with Gasteiger partial charge in [-0.05, 0) is 31.3 Å². The van der Waals surface area contributed by atoms with Gasteiger partial charge in [-0.2, -0.15) is 0 Å². The Morgan fingerprint density at radius 2 is 2.50 bits per heavy atom. The maximum Gasteiger partial charge on any atom is 0.115 e. The second-order valence-electron chi connectivity index (χ2n) is 4.10. The molecule has 0 bridgehead atoms. The second-order valence-corrected chi connectivity index (χ2v) is 4.10. The first kappa shape index (κ1) is 8.31. The molecule has 2 atom stereocenters. The minimum atomic E-state index is 0.161. The fourth-order valence-electron chi connectivity index (χ4n) is 2.37. The van der Waals surface area contributed by atoms with E-state index in [4.69, 9.17) is 4.74 Å². The van der Waals surface area contributed by atoms with Crippen molar-refractivity contribution in [3.05, 3.63) is 12.2 Å². The SMILES string of the molecule is C=C1CCC[C@H]2O[C@]12CCCC. The fourth-order valence-corrected chi connectivity index (χ4v) is 2.37. The van der Waals surface area contributed by atoms with Crippen LogP contribution in [-0.2, 0) is 4.74 Å². The number of epoxide rings is 1. The normalized spacial score (nSPS) is 39.4. The fraction of sp³-hybridized carbons (Fsp3) is 0.818. The number of hydrogen-bond acceptors (Lipinski definition) is 1. The van der Waals surface area contributed by atoms with E-state index in [1.165, 1.54) is 44.1 Å². The lowest BCUT2D eigenvalue weighted by Gasteiger charge is -2.19. The van der Waals surface area contributed by atoms with E-state index in [2.05, 4.69) is 13.5 Å². The average Bonchev–Trinajstić information content (AvgIpc) is 2.78. The van der Waals surface area contributed by atoms with Crippen LogP contribution in [0.15, 0.2) is 12.2 Å². The molecule has 0 aromatic rings. The standard InChI is InChI=1S/C11H18O/c1-3-4-8-11-9(2)6-5-7-10(11)12-11/h10H,2-8H2,1H3/t10-,11-/m1/s1. The molecular weight excluding hydrogens is 148 g/mol. The molecule has 1 saturated carbocycles. The molecule has 0 N–H and O–H groups in total. The van der Waals surface area contributed by atoms with E-state index in [9.17, 15) is 0 Å². The van der Waals surface area contributed by atoms with Crippen LogP contribution in [0.1, 0.15) is 45.4 Å². The molecule has 1 aliphatic carbocycles. The van der Waals surface area contributed by atoms with E-state index >= 15 is 0 Å². The second kappa shape index (κ2) is 2.88. The highest BCUT2D eigenvalue weighted by Gasteiger charge is 2.58. The predicted octanol–water partition coefficient (Wildman–Crippen LogP) is 3.05. The monoisotopic (exact) mass is 166 g/mol. The molecule has 2 rings (SSSR count). The molecule has 68 valence electrons. The first-order valence-electron chi connectivity index (χ1n) is 5.15. The Morgan fingerprint density at radius 3 is 3.17 bits per heavy atom. The maximum atomic E-state index is 5.78. The summed E-state index contributed by atoms with van der Waals surface area (Å²) >= 11 is 0. The molecule has 1 saturated heterocycles. The number of ether oxygens (including phenoxy) is 1. The van der Waals surface area contributed by atoms with Crippen LogP contribution >= 0.6 is 0 Å². The van der Waals surface area contributed by atoms with Crippen LogP contribution in [0.25, 0.3) is 0 Å². The average molecular weight is 166 g/mol. The largest absolute Gasteiger partial charge is 0.361 e. The summed E-state index contributed by atoms with van der Waals surface area (Å²) < 4.78 is 5.78. The molecule has 1 heteroatoms. The lowest BCUT2D eigenvalue weighted by molar-refractivity contribution is 0.308. The van der Waals surface area contributed by atoms with E-state index < -0.39 is 0 Å². The van der Waals surface area contributed by atoms with Gasteiger partial charge in [0.2, 0.25) is 0 Å². The molecule has 2 aliphatic rings. The van der Waals surface area contributed by atoms with Gasteiger partial charge in [0.25, 0.3) is 0 Å². The van der Waals surface area contributed by atoms with Crippen LogP contribution in [0.3, 0.4) is 0 Å². The van der Waals surface area contributed by atoms with Crippen molar-refractivity contribution in [1.82, 2.24) is 0 Å². The third kappa shape index (κ3) is 1.11. The minimum absolute atomic E-state index is 0.161. The molecule has 1 aliphatic heterocycles. The van der Waals surface area contributed by atoms with Gasteiger partial charge in [-0.3, -0.25) is 0 Å². The van der Waals surface area contributed by atoms with Crippen LogP contribution in [0.4, 0.5) is 0 Å². The van der Waals surface area contributed by atoms with Crippen LogP contribution in [0.5, 0.6) is 0 Å². The van der Waals surface area contributed by atoms with Gasteiger partial charge in [0.05, 0.1) is 6.10 Å². The zero-order chi connectivity index (χ0) is 8.60. The van der Waals surface area contributed by atoms with E-state index in [0.29, 0.717) is 6.10 Å². The Hall–Kier alpha value is -0.300. The van der Waals surface area contributed by atoms with E-state index in [1.807, 2.05) is 0 Å². The van der Waals surface area contributed by atoms with Gasteiger partial charge in [0, 0.05) is 0 Å². The third-order valence-corrected chi connectivity index (χ3v) is 3.26. The van der Waals surface area contributed by atoms with Crippen molar-refractivity contribution in [1.29, 1.82) is 0 Å². The highest BCUT2D eigenvalue weighted by molar-refractivity contribution is 5.27. The van der Waals surface area contributed by atoms with Crippen molar-refractivity contribution in [3.8, 4) is 0 Å². The Bertz CT molecular complexity index is 197. The van der Waals surface area contributed by atoms with E-state index in [0.717, 1.165) is 0 Å². The van der Waals surface area contributed by atoms with Crippen molar-refractivity contribution in [2.45, 2.75) is 57.2 Å². The van der Waals surface area contributed by atoms with Gasteiger partial charge >= 0.3 is 0 Å². The summed E-state index contributed by atoms with van der Waals surface area (Å²) in [5.74, 6) is 0. The van der Waals surface area contributed by atoms with Gasteiger partial charge in [0.15, 0.2) is 0 Å². The van der Waals surface area contributed by atoms with Crippen molar-refractivity contribution in [3.63, 3.8) is 0 Å². The smallest absolute Gasteiger partial charge is 0.115 e. The lowest BCUT2D eigenvalue weighted by Crippen LogP contribution is -2.21. The molecule has 0 radical (unpaired) electrons. The van der Waals surface area contributed by atoms with Crippen LogP contribution in [0, 0.1) is 0 Å². The zero-order valence-electron chi connectivity index (χ0n) is 7.94. The highest BCUT2D eigenvalue weighted by Crippen LogP contribution is 2.53. The van der Waals surface area contributed by atoms with Gasteiger partial charge < -0.3 is 4.74 Å². The van der Waals surface area contributed by atoms with Gasteiger partial charge in [0.1, 0.15) is 5.60 Å². The minimum Gasteiger partial charge on any atom is -0.361 e. The number of hydrogen-bond donors (Lipinski definition) is 0. The summed E-state index contributed by atoms with van der Waals surface area (Å²) in [6.45, 7) is 6.37. The van der Waals surface area contributed by atoms with Gasteiger partial charge in [-0.15, -0.1) is 0 Å². The van der Waals surface area contributed by atoms with Crippen molar-refractivity contribution < 1.29 is 4.74 Å².